The number of benzene rings is 1. The fraction of sp³-hybridized carbons (Fsp3) is 0.571. The summed E-state index contributed by atoms with van der Waals surface area (Å²) in [4.78, 5) is 0. The summed E-state index contributed by atoms with van der Waals surface area (Å²) < 4.78 is 22.6. The highest BCUT2D eigenvalue weighted by Gasteiger charge is 2.31. The maximum absolute atomic E-state index is 11.7. The minimum absolute atomic E-state index is 0.721. The number of unbranched alkanes of at least 4 members (excludes halogenated alkanes) is 1. The van der Waals surface area contributed by atoms with E-state index in [2.05, 4.69) is 0 Å². The molecule has 0 heterocycles. The first-order valence-electron chi connectivity index (χ1n) is 6.28. The molecule has 0 atom stereocenters. The third kappa shape index (κ3) is 3.56. The van der Waals surface area contributed by atoms with Crippen LogP contribution < -0.4 is 5.73 Å². The van der Waals surface area contributed by atoms with Crippen molar-refractivity contribution in [1.29, 1.82) is 0 Å². The van der Waals surface area contributed by atoms with E-state index in [0.29, 0.717) is 0 Å². The van der Waals surface area contributed by atoms with E-state index in [1.54, 1.807) is 13.8 Å². The molecule has 1 aromatic rings. The molecule has 0 unspecified atom stereocenters. The number of rotatable bonds is 6. The Morgan fingerprint density at radius 3 is 2.11 bits per heavy atom. The molecule has 0 amide bonds. The zero-order valence-electron chi connectivity index (χ0n) is 11.4. The van der Waals surface area contributed by atoms with Crippen LogP contribution in [0.15, 0.2) is 24.3 Å². The summed E-state index contributed by atoms with van der Waals surface area (Å²) in [6.45, 7) is 4.21. The fourth-order valence-corrected chi connectivity index (χ4v) is 2.32. The number of aryl methyl sites for hydroxylation is 1. The highest BCUT2D eigenvalue weighted by atomic mass is 32.2. The Labute approximate surface area is 110 Å². The lowest BCUT2D eigenvalue weighted by molar-refractivity contribution is 0.561. The third-order valence-electron chi connectivity index (χ3n) is 3.50. The van der Waals surface area contributed by atoms with Gasteiger partial charge in [0.25, 0.3) is 0 Å². The molecule has 4 heteroatoms. The van der Waals surface area contributed by atoms with Crippen molar-refractivity contribution < 1.29 is 8.42 Å². The van der Waals surface area contributed by atoms with Crippen molar-refractivity contribution in [2.24, 2.45) is 5.73 Å². The van der Waals surface area contributed by atoms with Crippen LogP contribution in [0.25, 0.3) is 0 Å². The van der Waals surface area contributed by atoms with Gasteiger partial charge in [0, 0.05) is 6.26 Å². The molecule has 0 saturated carbocycles. The normalized spacial score (nSPS) is 12.7. The Bertz CT molecular complexity index is 475. The first kappa shape index (κ1) is 15.2. The molecule has 18 heavy (non-hydrogen) atoms. The largest absolute Gasteiger partial charge is 0.330 e. The quantitative estimate of drug-likeness (QED) is 0.806. The second-order valence-electron chi connectivity index (χ2n) is 5.23. The second-order valence-corrected chi connectivity index (χ2v) is 7.79. The van der Waals surface area contributed by atoms with E-state index < -0.39 is 14.6 Å². The fourth-order valence-electron chi connectivity index (χ4n) is 1.76. The molecule has 0 aromatic heterocycles. The number of hydrogen-bond donors (Lipinski definition) is 1. The molecule has 1 aromatic carbocycles. The van der Waals surface area contributed by atoms with Crippen molar-refractivity contribution in [3.05, 3.63) is 35.4 Å². The van der Waals surface area contributed by atoms with E-state index in [0.717, 1.165) is 31.4 Å². The van der Waals surface area contributed by atoms with E-state index in [-0.39, 0.29) is 0 Å². The maximum Gasteiger partial charge on any atom is 0.156 e. The Kier molecular flexibility index (Phi) is 4.93. The smallest absolute Gasteiger partial charge is 0.156 e. The number of sulfone groups is 1. The van der Waals surface area contributed by atoms with Gasteiger partial charge in [-0.05, 0) is 50.8 Å². The van der Waals surface area contributed by atoms with E-state index in [1.165, 1.54) is 11.8 Å². The van der Waals surface area contributed by atoms with Gasteiger partial charge in [0.15, 0.2) is 9.84 Å². The van der Waals surface area contributed by atoms with Crippen molar-refractivity contribution in [3.8, 4) is 0 Å². The first-order valence-corrected chi connectivity index (χ1v) is 8.17. The van der Waals surface area contributed by atoms with Gasteiger partial charge < -0.3 is 5.73 Å². The van der Waals surface area contributed by atoms with E-state index >= 15 is 0 Å². The highest BCUT2D eigenvalue weighted by molar-refractivity contribution is 7.91. The SMILES string of the molecule is CC(C)(c1ccc(CCCCN)cc1)S(C)(=O)=O. The molecule has 0 bridgehead atoms. The van der Waals surface area contributed by atoms with E-state index in [4.69, 9.17) is 5.73 Å². The van der Waals surface area contributed by atoms with Gasteiger partial charge in [0.1, 0.15) is 0 Å². The minimum Gasteiger partial charge on any atom is -0.330 e. The summed E-state index contributed by atoms with van der Waals surface area (Å²) in [6, 6.07) is 7.86. The molecular weight excluding hydrogens is 246 g/mol. The van der Waals surface area contributed by atoms with Gasteiger partial charge in [0.05, 0.1) is 4.75 Å². The Morgan fingerprint density at radius 1 is 1.11 bits per heavy atom. The molecule has 0 spiro atoms. The van der Waals surface area contributed by atoms with Gasteiger partial charge in [-0.25, -0.2) is 8.42 Å². The molecule has 0 aliphatic rings. The van der Waals surface area contributed by atoms with Crippen molar-refractivity contribution in [1.82, 2.24) is 0 Å². The van der Waals surface area contributed by atoms with Crippen molar-refractivity contribution in [3.63, 3.8) is 0 Å². The first-order chi connectivity index (χ1) is 8.29. The zero-order chi connectivity index (χ0) is 13.8. The predicted octanol–water partition coefficient (Wildman–Crippen LogP) is 2.25. The van der Waals surface area contributed by atoms with E-state index in [1.807, 2.05) is 24.3 Å². The standard InChI is InChI=1S/C14H23NO2S/c1-14(2,18(3,16)17)13-9-7-12(8-10-13)6-4-5-11-15/h7-10H,4-6,11,15H2,1-3H3. The Balaban J connectivity index is 2.83. The topological polar surface area (TPSA) is 60.2 Å². The molecule has 0 radical (unpaired) electrons. The average Bonchev–Trinajstić information content (AvgIpc) is 2.28. The van der Waals surface area contributed by atoms with Crippen molar-refractivity contribution >= 4 is 9.84 Å². The predicted molar refractivity (Wildman–Crippen MR) is 76.3 cm³/mol. The Morgan fingerprint density at radius 2 is 1.67 bits per heavy atom. The van der Waals surface area contributed by atoms with E-state index in [9.17, 15) is 8.42 Å². The zero-order valence-corrected chi connectivity index (χ0v) is 12.3. The Hall–Kier alpha value is -0.870. The summed E-state index contributed by atoms with van der Waals surface area (Å²) in [5.74, 6) is 0. The van der Waals surface area contributed by atoms with Crippen molar-refractivity contribution in [2.75, 3.05) is 12.8 Å². The van der Waals surface area contributed by atoms with Gasteiger partial charge in [-0.3, -0.25) is 0 Å². The molecule has 1 rings (SSSR count). The van der Waals surface area contributed by atoms with Crippen LogP contribution in [-0.2, 0) is 21.0 Å². The lowest BCUT2D eigenvalue weighted by Crippen LogP contribution is -2.27. The number of nitrogens with two attached hydrogens (primary N) is 1. The second kappa shape index (κ2) is 5.85. The molecule has 2 N–H and O–H groups in total. The van der Waals surface area contributed by atoms with Crippen LogP contribution in [0.3, 0.4) is 0 Å². The summed E-state index contributed by atoms with van der Waals surface area (Å²) in [6.07, 6.45) is 4.38. The summed E-state index contributed by atoms with van der Waals surface area (Å²) in [5.41, 5.74) is 7.53. The monoisotopic (exact) mass is 269 g/mol. The lowest BCUT2D eigenvalue weighted by Gasteiger charge is -2.23. The maximum atomic E-state index is 11.7. The molecule has 0 aliphatic heterocycles. The summed E-state index contributed by atoms with van der Waals surface area (Å²) in [5, 5.41) is 0. The minimum atomic E-state index is -3.11. The molecule has 0 saturated heterocycles. The van der Waals surface area contributed by atoms with Gasteiger partial charge in [-0.15, -0.1) is 0 Å². The molecule has 102 valence electrons. The van der Waals surface area contributed by atoms with Crippen LogP contribution in [0.2, 0.25) is 0 Å². The van der Waals surface area contributed by atoms with Gasteiger partial charge in [0.2, 0.25) is 0 Å². The van der Waals surface area contributed by atoms with Crippen LogP contribution in [-0.4, -0.2) is 21.2 Å². The van der Waals surface area contributed by atoms with Crippen LogP contribution in [0, 0.1) is 0 Å². The van der Waals surface area contributed by atoms with Crippen LogP contribution >= 0.6 is 0 Å². The van der Waals surface area contributed by atoms with Gasteiger partial charge in [-0.2, -0.15) is 0 Å². The summed E-state index contributed by atoms with van der Waals surface area (Å²) >= 11 is 0. The molecule has 0 fully saturated rings. The average molecular weight is 269 g/mol. The summed E-state index contributed by atoms with van der Waals surface area (Å²) in [7, 11) is -3.11. The molecule has 0 aliphatic carbocycles. The van der Waals surface area contributed by atoms with Gasteiger partial charge in [-0.1, -0.05) is 24.3 Å². The van der Waals surface area contributed by atoms with Gasteiger partial charge >= 0.3 is 0 Å². The molecular formula is C14H23NO2S. The lowest BCUT2D eigenvalue weighted by atomic mass is 9.99. The highest BCUT2D eigenvalue weighted by Crippen LogP contribution is 2.29. The molecule has 3 nitrogen and oxygen atoms in total. The van der Waals surface area contributed by atoms with Crippen LogP contribution in [0.1, 0.15) is 37.8 Å². The number of hydrogen-bond acceptors (Lipinski definition) is 3. The van der Waals surface area contributed by atoms with Crippen molar-refractivity contribution in [2.45, 2.75) is 37.9 Å². The van der Waals surface area contributed by atoms with Crippen LogP contribution in [0.4, 0.5) is 0 Å². The third-order valence-corrected chi connectivity index (χ3v) is 5.59. The van der Waals surface area contributed by atoms with Crippen LogP contribution in [0.5, 0.6) is 0 Å².